The van der Waals surface area contributed by atoms with Gasteiger partial charge in [0.15, 0.2) is 5.78 Å². The molecule has 1 fully saturated rings. The van der Waals surface area contributed by atoms with E-state index in [-0.39, 0.29) is 5.78 Å². The minimum atomic E-state index is 0.0853. The minimum Gasteiger partial charge on any atom is -0.383 e. The Morgan fingerprint density at radius 2 is 2.20 bits per heavy atom. The summed E-state index contributed by atoms with van der Waals surface area (Å²) in [6.07, 6.45) is 2.63. The summed E-state index contributed by atoms with van der Waals surface area (Å²) in [5.41, 5.74) is 1.89. The van der Waals surface area contributed by atoms with E-state index in [0.29, 0.717) is 12.6 Å². The van der Waals surface area contributed by atoms with Gasteiger partial charge in [0, 0.05) is 35.4 Å². The molecular formula is C16H22BrNO2. The second-order valence-corrected chi connectivity index (χ2v) is 6.34. The van der Waals surface area contributed by atoms with Crippen LogP contribution in [0.5, 0.6) is 0 Å². The lowest BCUT2D eigenvalue weighted by Gasteiger charge is -2.31. The van der Waals surface area contributed by atoms with Crippen LogP contribution in [0.4, 0.5) is 5.69 Å². The molecule has 0 spiro atoms. The van der Waals surface area contributed by atoms with Crippen molar-refractivity contribution in [2.45, 2.75) is 32.7 Å². The van der Waals surface area contributed by atoms with Gasteiger partial charge in [0.05, 0.1) is 6.61 Å². The number of carbonyl (C=O) groups is 1. The van der Waals surface area contributed by atoms with Crippen molar-refractivity contribution in [3.05, 3.63) is 28.2 Å². The van der Waals surface area contributed by atoms with Crippen molar-refractivity contribution in [3.63, 3.8) is 0 Å². The van der Waals surface area contributed by atoms with E-state index in [1.54, 1.807) is 14.0 Å². The van der Waals surface area contributed by atoms with Gasteiger partial charge in [0.25, 0.3) is 0 Å². The molecule has 110 valence electrons. The lowest BCUT2D eigenvalue weighted by Crippen LogP contribution is -2.37. The number of hydrogen-bond acceptors (Lipinski definition) is 3. The Morgan fingerprint density at radius 3 is 2.70 bits per heavy atom. The van der Waals surface area contributed by atoms with Crippen LogP contribution in [0, 0.1) is 5.92 Å². The number of anilines is 1. The molecule has 1 aliphatic carbocycles. The Hall–Kier alpha value is -0.870. The van der Waals surface area contributed by atoms with Crippen molar-refractivity contribution >= 4 is 27.4 Å². The summed E-state index contributed by atoms with van der Waals surface area (Å²) in [7, 11) is 1.73. The summed E-state index contributed by atoms with van der Waals surface area (Å²) in [6, 6.07) is 6.50. The first-order chi connectivity index (χ1) is 9.54. The Labute approximate surface area is 129 Å². The predicted molar refractivity (Wildman–Crippen MR) is 85.6 cm³/mol. The molecule has 0 heterocycles. The zero-order valence-corrected chi connectivity index (χ0v) is 13.9. The summed E-state index contributed by atoms with van der Waals surface area (Å²) in [6.45, 7) is 5.46. The highest BCUT2D eigenvalue weighted by Crippen LogP contribution is 2.37. The maximum Gasteiger partial charge on any atom is 0.160 e. The average molecular weight is 340 g/mol. The van der Waals surface area contributed by atoms with Crippen LogP contribution in [-0.4, -0.2) is 32.1 Å². The molecule has 0 amide bonds. The van der Waals surface area contributed by atoms with Gasteiger partial charge in [-0.05, 0) is 66.7 Å². The van der Waals surface area contributed by atoms with E-state index in [1.165, 1.54) is 12.8 Å². The third-order valence-electron chi connectivity index (χ3n) is 4.00. The summed E-state index contributed by atoms with van der Waals surface area (Å²) >= 11 is 3.51. The van der Waals surface area contributed by atoms with E-state index in [0.717, 1.165) is 28.2 Å². The molecule has 0 aliphatic heterocycles. The number of rotatable bonds is 7. The molecule has 20 heavy (non-hydrogen) atoms. The highest BCUT2D eigenvalue weighted by atomic mass is 79.9. The van der Waals surface area contributed by atoms with E-state index < -0.39 is 0 Å². The second kappa shape index (κ2) is 6.72. The summed E-state index contributed by atoms with van der Waals surface area (Å²) in [5, 5.41) is 0. The summed E-state index contributed by atoms with van der Waals surface area (Å²) in [5.74, 6) is 0.875. The van der Waals surface area contributed by atoms with Gasteiger partial charge in [0.1, 0.15) is 0 Å². The fourth-order valence-corrected chi connectivity index (χ4v) is 3.20. The molecular weight excluding hydrogens is 318 g/mol. The van der Waals surface area contributed by atoms with Crippen LogP contribution in [0.25, 0.3) is 0 Å². The normalized spacial score (nSPS) is 16.0. The Morgan fingerprint density at radius 1 is 1.50 bits per heavy atom. The van der Waals surface area contributed by atoms with Gasteiger partial charge in [-0.15, -0.1) is 0 Å². The predicted octanol–water partition coefficient (Wildman–Crippen LogP) is 3.90. The first-order valence-corrected chi connectivity index (χ1v) is 7.90. The average Bonchev–Trinajstić information content (AvgIpc) is 3.22. The van der Waals surface area contributed by atoms with Gasteiger partial charge in [0.2, 0.25) is 0 Å². The van der Waals surface area contributed by atoms with Gasteiger partial charge in [-0.2, -0.15) is 0 Å². The standard InChI is InChI=1S/C16H22BrNO2/c1-11(13-4-5-13)18(8-9-20-3)14-6-7-15(12(2)19)16(17)10-14/h6-7,10-11,13H,4-5,8-9H2,1-3H3. The minimum absolute atomic E-state index is 0.0853. The molecule has 1 saturated carbocycles. The molecule has 2 rings (SSSR count). The Bertz CT molecular complexity index is 485. The lowest BCUT2D eigenvalue weighted by molar-refractivity contribution is 0.101. The van der Waals surface area contributed by atoms with Gasteiger partial charge < -0.3 is 9.64 Å². The van der Waals surface area contributed by atoms with Crippen LogP contribution in [0.1, 0.15) is 37.0 Å². The highest BCUT2D eigenvalue weighted by molar-refractivity contribution is 9.10. The van der Waals surface area contributed by atoms with Crippen LogP contribution in [0.2, 0.25) is 0 Å². The maximum absolute atomic E-state index is 11.5. The third-order valence-corrected chi connectivity index (χ3v) is 4.65. The fraction of sp³-hybridized carbons (Fsp3) is 0.562. The molecule has 0 saturated heterocycles. The van der Waals surface area contributed by atoms with Crippen molar-refractivity contribution in [1.29, 1.82) is 0 Å². The SMILES string of the molecule is COCCN(c1ccc(C(C)=O)c(Br)c1)C(C)C1CC1. The number of halogens is 1. The van der Waals surface area contributed by atoms with Crippen LogP contribution in [-0.2, 0) is 4.74 Å². The molecule has 1 aromatic carbocycles. The maximum atomic E-state index is 11.5. The third kappa shape index (κ3) is 3.61. The van der Waals surface area contributed by atoms with E-state index in [1.807, 2.05) is 18.2 Å². The molecule has 0 bridgehead atoms. The van der Waals surface area contributed by atoms with E-state index in [4.69, 9.17) is 4.74 Å². The van der Waals surface area contributed by atoms with Crippen LogP contribution < -0.4 is 4.90 Å². The number of hydrogen-bond donors (Lipinski definition) is 0. The van der Waals surface area contributed by atoms with Gasteiger partial charge >= 0.3 is 0 Å². The van der Waals surface area contributed by atoms with E-state index in [2.05, 4.69) is 27.8 Å². The summed E-state index contributed by atoms with van der Waals surface area (Å²) < 4.78 is 6.10. The Kier molecular flexibility index (Phi) is 5.22. The lowest BCUT2D eigenvalue weighted by atomic mass is 10.1. The van der Waals surface area contributed by atoms with Crippen LogP contribution in [0.15, 0.2) is 22.7 Å². The van der Waals surface area contributed by atoms with Crippen molar-refractivity contribution in [1.82, 2.24) is 0 Å². The zero-order valence-electron chi connectivity index (χ0n) is 12.4. The zero-order chi connectivity index (χ0) is 14.7. The summed E-state index contributed by atoms with van der Waals surface area (Å²) in [4.78, 5) is 13.9. The number of carbonyl (C=O) groups excluding carboxylic acids is 1. The molecule has 4 heteroatoms. The van der Waals surface area contributed by atoms with Crippen molar-refractivity contribution in [2.75, 3.05) is 25.2 Å². The van der Waals surface area contributed by atoms with Gasteiger partial charge in [-0.25, -0.2) is 0 Å². The number of methoxy groups -OCH3 is 1. The van der Waals surface area contributed by atoms with Crippen molar-refractivity contribution in [3.8, 4) is 0 Å². The van der Waals surface area contributed by atoms with E-state index in [9.17, 15) is 4.79 Å². The first-order valence-electron chi connectivity index (χ1n) is 7.10. The molecule has 0 radical (unpaired) electrons. The Balaban J connectivity index is 2.23. The largest absolute Gasteiger partial charge is 0.383 e. The van der Waals surface area contributed by atoms with Crippen molar-refractivity contribution in [2.24, 2.45) is 5.92 Å². The molecule has 1 aromatic rings. The van der Waals surface area contributed by atoms with Gasteiger partial charge in [-0.3, -0.25) is 4.79 Å². The molecule has 1 aliphatic rings. The number of ketones is 1. The van der Waals surface area contributed by atoms with Gasteiger partial charge in [-0.1, -0.05) is 0 Å². The number of nitrogens with zero attached hydrogens (tertiary/aromatic N) is 1. The molecule has 1 atom stereocenters. The first kappa shape index (κ1) is 15.5. The molecule has 0 N–H and O–H groups in total. The van der Waals surface area contributed by atoms with Crippen molar-refractivity contribution < 1.29 is 9.53 Å². The second-order valence-electron chi connectivity index (χ2n) is 5.48. The monoisotopic (exact) mass is 339 g/mol. The highest BCUT2D eigenvalue weighted by Gasteiger charge is 2.32. The topological polar surface area (TPSA) is 29.5 Å². The molecule has 3 nitrogen and oxygen atoms in total. The number of ether oxygens (including phenoxy) is 1. The van der Waals surface area contributed by atoms with E-state index >= 15 is 0 Å². The van der Waals surface area contributed by atoms with Crippen LogP contribution >= 0.6 is 15.9 Å². The molecule has 1 unspecified atom stereocenters. The molecule has 0 aromatic heterocycles. The quantitative estimate of drug-likeness (QED) is 0.705. The smallest absolute Gasteiger partial charge is 0.160 e. The number of Topliss-reactive ketones (excluding diaryl/α,β-unsaturated/α-hetero) is 1. The fourth-order valence-electron chi connectivity index (χ4n) is 2.56. The van der Waals surface area contributed by atoms with Crippen LogP contribution in [0.3, 0.4) is 0 Å². The number of benzene rings is 1.